The van der Waals surface area contributed by atoms with Crippen molar-refractivity contribution in [2.24, 2.45) is 11.8 Å². The molecule has 2 saturated heterocycles. The summed E-state index contributed by atoms with van der Waals surface area (Å²) < 4.78 is 83.4. The quantitative estimate of drug-likeness (QED) is 0.112. The van der Waals surface area contributed by atoms with E-state index in [1.165, 1.54) is 0 Å². The van der Waals surface area contributed by atoms with E-state index in [4.69, 9.17) is 13.7 Å². The Bertz CT molecular complexity index is 2200. The number of likely N-dealkylation sites (tertiary alicyclic amines) is 2. The monoisotopic (exact) mass is 776 g/mol. The van der Waals surface area contributed by atoms with E-state index in [1.807, 2.05) is 48.5 Å². The van der Waals surface area contributed by atoms with Gasteiger partial charge in [0.15, 0.2) is 0 Å². The second-order valence-electron chi connectivity index (χ2n) is 14.6. The lowest BCUT2D eigenvalue weighted by Gasteiger charge is -2.30. The van der Waals surface area contributed by atoms with Crippen LogP contribution >= 0.6 is 0 Å². The first kappa shape index (κ1) is 28.7. The molecule has 4 aromatic rings. The number of hydrogen-bond acceptors (Lipinski definition) is 8. The van der Waals surface area contributed by atoms with Gasteiger partial charge in [0.1, 0.15) is 23.7 Å². The van der Waals surface area contributed by atoms with Crippen molar-refractivity contribution in [3.05, 3.63) is 72.6 Å². The fourth-order valence-corrected chi connectivity index (χ4v) is 7.41. The smallest absolute Gasteiger partial charge is 0.407 e. The van der Waals surface area contributed by atoms with Crippen LogP contribution in [0.5, 0.6) is 0 Å². The van der Waals surface area contributed by atoms with Crippen LogP contribution in [0, 0.1) is 11.8 Å². The zero-order chi connectivity index (χ0) is 48.5. The minimum atomic E-state index is -3.25. The Labute approximate surface area is 342 Å². The molecule has 0 bridgehead atoms. The number of H-pyrrole nitrogens is 2. The van der Waals surface area contributed by atoms with Gasteiger partial charge >= 0.3 is 12.2 Å². The highest BCUT2D eigenvalue weighted by atomic mass is 16.6. The Hall–Kier alpha value is -5.66. The Balaban J connectivity index is 1.08. The van der Waals surface area contributed by atoms with Gasteiger partial charge in [-0.3, -0.25) is 9.59 Å². The highest BCUT2D eigenvalue weighted by molar-refractivity contribution is 5.87. The van der Waals surface area contributed by atoms with E-state index in [2.05, 4.69) is 40.0 Å². The van der Waals surface area contributed by atoms with E-state index in [0.29, 0.717) is 50.4 Å². The van der Waals surface area contributed by atoms with Gasteiger partial charge in [-0.1, -0.05) is 76.2 Å². The minimum absolute atomic E-state index is 0.395. The molecule has 298 valence electrons. The minimum Gasteiger partial charge on any atom is -0.450 e. The summed E-state index contributed by atoms with van der Waals surface area (Å²) in [5.41, 5.74) is 5.07. The highest BCUT2D eigenvalue weighted by Crippen LogP contribution is 2.35. The first-order valence-corrected chi connectivity index (χ1v) is 18.7. The van der Waals surface area contributed by atoms with Crippen molar-refractivity contribution in [1.82, 2.24) is 40.4 Å². The Morgan fingerprint density at radius 3 is 1.43 bits per heavy atom. The largest absolute Gasteiger partial charge is 0.450 e. The molecule has 4 atom stereocenters. The summed E-state index contributed by atoms with van der Waals surface area (Å²) >= 11 is 0. The number of aromatic nitrogens is 4. The predicted molar refractivity (Wildman–Crippen MR) is 212 cm³/mol. The molecule has 0 aliphatic carbocycles. The van der Waals surface area contributed by atoms with E-state index in [-0.39, 0.29) is 0 Å². The third-order valence-electron chi connectivity index (χ3n) is 10.3. The van der Waals surface area contributed by atoms with Crippen molar-refractivity contribution >= 4 is 24.0 Å². The summed E-state index contributed by atoms with van der Waals surface area (Å²) in [6, 6.07) is 12.7. The van der Waals surface area contributed by atoms with Gasteiger partial charge in [0.05, 0.1) is 54.5 Å². The van der Waals surface area contributed by atoms with Crippen LogP contribution < -0.4 is 10.6 Å². The number of alkyl carbamates (subject to hydrolysis) is 2. The van der Waals surface area contributed by atoms with E-state index in [0.717, 1.165) is 33.6 Å². The second kappa shape index (κ2) is 17.9. The van der Waals surface area contributed by atoms with Crippen LogP contribution in [-0.2, 0) is 19.1 Å². The fraction of sp³-hybridized carbons (Fsp3) is 0.476. The molecular formula is C42H54N8O6. The molecule has 4 amide bonds. The van der Waals surface area contributed by atoms with Crippen molar-refractivity contribution in [2.75, 3.05) is 26.2 Å². The van der Waals surface area contributed by atoms with Gasteiger partial charge in [0.25, 0.3) is 0 Å². The normalized spacial score (nSPS) is 21.5. The zero-order valence-electron chi connectivity index (χ0n) is 41.7. The molecule has 0 unspecified atom stereocenters. The number of imidazole rings is 2. The van der Waals surface area contributed by atoms with Crippen LogP contribution in [0.1, 0.15) is 105 Å². The van der Waals surface area contributed by atoms with E-state index >= 15 is 0 Å². The summed E-state index contributed by atoms with van der Waals surface area (Å²) in [5.74, 6) is -0.582. The molecule has 56 heavy (non-hydrogen) atoms. The number of rotatable bonds is 13. The third kappa shape index (κ3) is 8.90. The molecule has 2 aromatic heterocycles. The third-order valence-corrected chi connectivity index (χ3v) is 10.3. The van der Waals surface area contributed by atoms with Crippen molar-refractivity contribution in [3.8, 4) is 33.6 Å². The maximum atomic E-state index is 13.8. The number of ether oxygens (including phenoxy) is 2. The molecule has 0 saturated carbocycles. The number of aromatic amines is 2. The molecule has 4 N–H and O–H groups in total. The van der Waals surface area contributed by atoms with Gasteiger partial charge in [0, 0.05) is 21.3 Å². The SMILES string of the molecule is [2H]C([2H])([2H])C([2H])([2H])OC(=O)N[C@H](C(=O)N1CCC[C@@H]1c1ncc(-c2ccc(-c3ccc(-c4cnc([C@H]5CCCN5C(=O)[C@@H](NC(=O)OC([2H])([2H])C([2H])([2H])[2H])C(C)C)[nH]4)cc3)cc2)[nH]1)C(C)C. The van der Waals surface area contributed by atoms with Gasteiger partial charge < -0.3 is 39.9 Å². The zero-order valence-corrected chi connectivity index (χ0v) is 31.7. The van der Waals surface area contributed by atoms with Gasteiger partial charge in [-0.2, -0.15) is 0 Å². The molecule has 2 aromatic carbocycles. The second-order valence-corrected chi connectivity index (χ2v) is 14.6. The summed E-state index contributed by atoms with van der Waals surface area (Å²) in [6.07, 6.45) is 3.26. The molecule has 2 aliphatic rings. The number of nitrogens with zero attached hydrogens (tertiary/aromatic N) is 4. The van der Waals surface area contributed by atoms with Crippen LogP contribution in [0.4, 0.5) is 9.59 Å². The summed E-state index contributed by atoms with van der Waals surface area (Å²) in [4.78, 5) is 71.8. The molecule has 14 heteroatoms. The van der Waals surface area contributed by atoms with Gasteiger partial charge in [-0.25, -0.2) is 19.6 Å². The number of benzene rings is 2. The first-order chi connectivity index (χ1) is 30.8. The summed E-state index contributed by atoms with van der Waals surface area (Å²) in [7, 11) is 0. The number of hydrogen-bond donors (Lipinski definition) is 4. The molecule has 0 radical (unpaired) electrons. The lowest BCUT2D eigenvalue weighted by atomic mass is 10.0. The summed E-state index contributed by atoms with van der Waals surface area (Å²) in [6.45, 7) is -5.31. The van der Waals surface area contributed by atoms with Crippen molar-refractivity contribution in [2.45, 2.75) is 91.2 Å². The molecule has 6 rings (SSSR count). The lowest BCUT2D eigenvalue weighted by molar-refractivity contribution is -0.136. The van der Waals surface area contributed by atoms with Crippen LogP contribution in [0.15, 0.2) is 60.9 Å². The fourth-order valence-electron chi connectivity index (χ4n) is 7.41. The van der Waals surface area contributed by atoms with Crippen molar-refractivity contribution in [3.63, 3.8) is 0 Å². The average molecular weight is 777 g/mol. The van der Waals surface area contributed by atoms with E-state index in [9.17, 15) is 19.2 Å². The standard InChI is InChI=1S/C42H54N8O6/c1-7-55-41(53)47-35(25(3)4)39(51)49-21-9-11-33(49)37-43-23-31(45-37)29-17-13-27(14-18-29)28-15-19-30(20-16-28)32-24-44-38(46-32)34-12-10-22-50(34)40(52)36(26(5)6)48-42(54)56-8-2/h13-20,23-26,33-36H,7-12,21-22H2,1-6H3,(H,43,45)(H,44,46)(H,47,53)(H,48,54)/t33-,34-,35+,36+/m1/s1/i1D3,2D3,7D2,8D2. The molecule has 4 heterocycles. The van der Waals surface area contributed by atoms with Crippen LogP contribution in [0.2, 0.25) is 0 Å². The number of carbonyl (C=O) groups excluding carboxylic acids is 4. The van der Waals surface area contributed by atoms with Gasteiger partial charge in [-0.05, 0) is 73.5 Å². The van der Waals surface area contributed by atoms with E-state index < -0.39 is 86.8 Å². The maximum Gasteiger partial charge on any atom is 0.407 e. The predicted octanol–water partition coefficient (Wildman–Crippen LogP) is 7.00. The van der Waals surface area contributed by atoms with E-state index in [1.54, 1.807) is 49.9 Å². The molecule has 2 aliphatic heterocycles. The Kier molecular flexibility index (Phi) is 9.16. The molecule has 2 fully saturated rings. The highest BCUT2D eigenvalue weighted by Gasteiger charge is 2.39. The number of amides is 4. The lowest BCUT2D eigenvalue weighted by Crippen LogP contribution is -2.51. The van der Waals surface area contributed by atoms with Crippen LogP contribution in [0.3, 0.4) is 0 Å². The number of carbonyl (C=O) groups is 4. The molecular weight excluding hydrogens is 713 g/mol. The van der Waals surface area contributed by atoms with Gasteiger partial charge in [-0.15, -0.1) is 0 Å². The summed E-state index contributed by atoms with van der Waals surface area (Å²) in [5, 5.41) is 4.74. The molecule has 14 nitrogen and oxygen atoms in total. The van der Waals surface area contributed by atoms with Crippen LogP contribution in [-0.4, -0.2) is 92.0 Å². The van der Waals surface area contributed by atoms with Crippen LogP contribution in [0.25, 0.3) is 33.6 Å². The maximum absolute atomic E-state index is 13.8. The first-order valence-electron chi connectivity index (χ1n) is 23.7. The Morgan fingerprint density at radius 2 is 1.07 bits per heavy atom. The number of nitrogens with one attached hydrogen (secondary N) is 4. The van der Waals surface area contributed by atoms with Crippen molar-refractivity contribution < 1.29 is 42.4 Å². The Morgan fingerprint density at radius 1 is 0.696 bits per heavy atom. The average Bonchev–Trinajstić information content (AvgIpc) is 4.07. The van der Waals surface area contributed by atoms with Gasteiger partial charge in [0.2, 0.25) is 11.8 Å². The van der Waals surface area contributed by atoms with Crippen molar-refractivity contribution in [1.29, 1.82) is 0 Å². The molecule has 0 spiro atoms. The topological polar surface area (TPSA) is 175 Å².